The van der Waals surface area contributed by atoms with Crippen molar-refractivity contribution in [3.63, 3.8) is 0 Å². The lowest BCUT2D eigenvalue weighted by Gasteiger charge is -2.16. The number of rotatable bonds is 4. The van der Waals surface area contributed by atoms with E-state index in [1.54, 1.807) is 6.07 Å². The van der Waals surface area contributed by atoms with Crippen LogP contribution in [0, 0.1) is 5.82 Å². The number of benzene rings is 2. The smallest absolute Gasteiger partial charge is 0.123 e. The lowest BCUT2D eigenvalue weighted by Crippen LogP contribution is -2.30. The van der Waals surface area contributed by atoms with Crippen LogP contribution >= 0.6 is 0 Å². The molecule has 0 amide bonds. The van der Waals surface area contributed by atoms with Crippen molar-refractivity contribution in [3.8, 4) is 0 Å². The van der Waals surface area contributed by atoms with E-state index in [9.17, 15) is 4.39 Å². The first-order valence-electron chi connectivity index (χ1n) is 6.81. The fraction of sp³-hybridized carbons (Fsp3) is 0.188. The van der Waals surface area contributed by atoms with E-state index in [0.717, 1.165) is 22.4 Å². The molecule has 1 aromatic heterocycles. The average molecular weight is 284 g/mol. The van der Waals surface area contributed by atoms with Gasteiger partial charge in [-0.15, -0.1) is 0 Å². The van der Waals surface area contributed by atoms with Gasteiger partial charge in [-0.1, -0.05) is 24.3 Å². The molecular formula is C16H17FN4. The second kappa shape index (κ2) is 5.63. The summed E-state index contributed by atoms with van der Waals surface area (Å²) in [5.41, 5.74) is 5.58. The number of nitrogens with zero attached hydrogens (tertiary/aromatic N) is 2. The maximum absolute atomic E-state index is 13.4. The Balaban J connectivity index is 1.94. The highest BCUT2D eigenvalue weighted by Gasteiger charge is 2.15. The summed E-state index contributed by atoms with van der Waals surface area (Å²) >= 11 is 0. The number of nitrogens with one attached hydrogen (secondary N) is 1. The molecule has 0 radical (unpaired) electrons. The van der Waals surface area contributed by atoms with Gasteiger partial charge in [-0.25, -0.2) is 9.37 Å². The highest BCUT2D eigenvalue weighted by molar-refractivity contribution is 5.75. The average Bonchev–Trinajstić information content (AvgIpc) is 2.81. The predicted molar refractivity (Wildman–Crippen MR) is 80.9 cm³/mol. The van der Waals surface area contributed by atoms with Crippen molar-refractivity contribution < 1.29 is 4.39 Å². The summed E-state index contributed by atoms with van der Waals surface area (Å²) in [6.07, 6.45) is 0.588. The number of hydrogen-bond acceptors (Lipinski definition) is 3. The molecule has 0 bridgehead atoms. The highest BCUT2D eigenvalue weighted by Crippen LogP contribution is 2.21. The van der Waals surface area contributed by atoms with E-state index in [4.69, 9.17) is 5.84 Å². The van der Waals surface area contributed by atoms with Gasteiger partial charge < -0.3 is 4.57 Å². The second-order valence-corrected chi connectivity index (χ2v) is 5.05. The molecule has 21 heavy (non-hydrogen) atoms. The minimum absolute atomic E-state index is 0.184. The van der Waals surface area contributed by atoms with Crippen LogP contribution in [0.1, 0.15) is 17.4 Å². The molecule has 108 valence electrons. The fourth-order valence-corrected chi connectivity index (χ4v) is 2.56. The Morgan fingerprint density at radius 2 is 2.05 bits per heavy atom. The summed E-state index contributed by atoms with van der Waals surface area (Å²) < 4.78 is 15.4. The third kappa shape index (κ3) is 2.66. The molecule has 0 saturated carbocycles. The fourth-order valence-electron chi connectivity index (χ4n) is 2.56. The normalized spacial score (nSPS) is 12.7. The van der Waals surface area contributed by atoms with Crippen LogP contribution in [-0.2, 0) is 13.5 Å². The van der Waals surface area contributed by atoms with Gasteiger partial charge in [0.25, 0.3) is 0 Å². The van der Waals surface area contributed by atoms with Crippen molar-refractivity contribution in [2.75, 3.05) is 0 Å². The van der Waals surface area contributed by atoms with E-state index < -0.39 is 0 Å². The largest absolute Gasteiger partial charge is 0.331 e. The number of aryl methyl sites for hydroxylation is 1. The molecule has 0 aliphatic rings. The van der Waals surface area contributed by atoms with Gasteiger partial charge in [0.1, 0.15) is 11.6 Å². The van der Waals surface area contributed by atoms with Crippen molar-refractivity contribution in [1.29, 1.82) is 0 Å². The molecule has 1 heterocycles. The summed E-state index contributed by atoms with van der Waals surface area (Å²) in [4.78, 5) is 4.62. The zero-order chi connectivity index (χ0) is 14.8. The highest BCUT2D eigenvalue weighted by atomic mass is 19.1. The monoisotopic (exact) mass is 284 g/mol. The van der Waals surface area contributed by atoms with Crippen LogP contribution in [-0.4, -0.2) is 9.55 Å². The van der Waals surface area contributed by atoms with Gasteiger partial charge in [0.2, 0.25) is 0 Å². The van der Waals surface area contributed by atoms with Gasteiger partial charge in [-0.3, -0.25) is 11.3 Å². The number of fused-ring (bicyclic) bond motifs is 1. The number of imidazole rings is 1. The van der Waals surface area contributed by atoms with Gasteiger partial charge in [0.05, 0.1) is 17.1 Å². The minimum Gasteiger partial charge on any atom is -0.331 e. The number of halogens is 1. The Labute approximate surface area is 122 Å². The van der Waals surface area contributed by atoms with E-state index in [2.05, 4.69) is 10.4 Å². The first-order chi connectivity index (χ1) is 10.2. The standard InChI is InChI=1S/C16H17FN4/c1-21-15-8-3-2-7-13(15)19-16(21)10-14(20-18)11-5-4-6-12(17)9-11/h2-9,14,20H,10,18H2,1H3. The van der Waals surface area contributed by atoms with Crippen LogP contribution in [0.3, 0.4) is 0 Å². The van der Waals surface area contributed by atoms with Crippen molar-refractivity contribution >= 4 is 11.0 Å². The molecule has 3 N–H and O–H groups in total. The van der Waals surface area contributed by atoms with Crippen LogP contribution < -0.4 is 11.3 Å². The molecule has 1 unspecified atom stereocenters. The molecule has 4 nitrogen and oxygen atoms in total. The summed E-state index contributed by atoms with van der Waals surface area (Å²) in [5, 5.41) is 0. The van der Waals surface area contributed by atoms with E-state index in [0.29, 0.717) is 6.42 Å². The molecule has 0 saturated heterocycles. The second-order valence-electron chi connectivity index (χ2n) is 5.05. The molecule has 1 atom stereocenters. The Bertz CT molecular complexity index is 766. The van der Waals surface area contributed by atoms with Gasteiger partial charge in [0, 0.05) is 13.5 Å². The minimum atomic E-state index is -0.266. The van der Waals surface area contributed by atoms with Crippen LogP contribution in [0.4, 0.5) is 4.39 Å². The molecule has 0 aliphatic heterocycles. The molecular weight excluding hydrogens is 267 g/mol. The van der Waals surface area contributed by atoms with Crippen molar-refractivity contribution in [2.45, 2.75) is 12.5 Å². The Hall–Kier alpha value is -2.24. The van der Waals surface area contributed by atoms with Crippen LogP contribution in [0.25, 0.3) is 11.0 Å². The number of nitrogens with two attached hydrogens (primary N) is 1. The van der Waals surface area contributed by atoms with E-state index in [1.165, 1.54) is 12.1 Å². The molecule has 2 aromatic carbocycles. The van der Waals surface area contributed by atoms with Crippen molar-refractivity contribution in [2.24, 2.45) is 12.9 Å². The van der Waals surface area contributed by atoms with Gasteiger partial charge in [-0.05, 0) is 29.8 Å². The molecule has 5 heteroatoms. The number of hydrogen-bond donors (Lipinski definition) is 2. The lowest BCUT2D eigenvalue weighted by atomic mass is 10.0. The molecule has 3 aromatic rings. The first kappa shape index (κ1) is 13.7. The van der Waals surface area contributed by atoms with E-state index in [-0.39, 0.29) is 11.9 Å². The van der Waals surface area contributed by atoms with Crippen LogP contribution in [0.15, 0.2) is 48.5 Å². The topological polar surface area (TPSA) is 55.9 Å². The quantitative estimate of drug-likeness (QED) is 0.571. The van der Waals surface area contributed by atoms with E-state index >= 15 is 0 Å². The summed E-state index contributed by atoms with van der Waals surface area (Å²) in [7, 11) is 1.98. The van der Waals surface area contributed by atoms with Crippen LogP contribution in [0.5, 0.6) is 0 Å². The molecule has 0 aliphatic carbocycles. The molecule has 0 spiro atoms. The number of aromatic nitrogens is 2. The van der Waals surface area contributed by atoms with E-state index in [1.807, 2.05) is 41.9 Å². The third-order valence-corrected chi connectivity index (χ3v) is 3.72. The van der Waals surface area contributed by atoms with Crippen molar-refractivity contribution in [3.05, 3.63) is 65.7 Å². The number of para-hydroxylation sites is 2. The van der Waals surface area contributed by atoms with Crippen molar-refractivity contribution in [1.82, 2.24) is 15.0 Å². The molecule has 3 rings (SSSR count). The SMILES string of the molecule is Cn1c(CC(NN)c2cccc(F)c2)nc2ccccc21. The first-order valence-corrected chi connectivity index (χ1v) is 6.81. The Morgan fingerprint density at radius 3 is 2.76 bits per heavy atom. The zero-order valence-corrected chi connectivity index (χ0v) is 11.8. The maximum Gasteiger partial charge on any atom is 0.123 e. The third-order valence-electron chi connectivity index (χ3n) is 3.72. The summed E-state index contributed by atoms with van der Waals surface area (Å²) in [5.74, 6) is 6.28. The predicted octanol–water partition coefficient (Wildman–Crippen LogP) is 2.46. The Morgan fingerprint density at radius 1 is 1.24 bits per heavy atom. The Kier molecular flexibility index (Phi) is 3.68. The number of hydrazine groups is 1. The zero-order valence-electron chi connectivity index (χ0n) is 11.8. The van der Waals surface area contributed by atoms with Gasteiger partial charge in [-0.2, -0.15) is 0 Å². The molecule has 0 fully saturated rings. The maximum atomic E-state index is 13.4. The van der Waals surface area contributed by atoms with Crippen LogP contribution in [0.2, 0.25) is 0 Å². The van der Waals surface area contributed by atoms with Gasteiger partial charge >= 0.3 is 0 Å². The lowest BCUT2D eigenvalue weighted by molar-refractivity contribution is 0.526. The van der Waals surface area contributed by atoms with Gasteiger partial charge in [0.15, 0.2) is 0 Å². The summed E-state index contributed by atoms with van der Waals surface area (Å²) in [6.45, 7) is 0. The summed E-state index contributed by atoms with van der Waals surface area (Å²) in [6, 6.07) is 14.2.